The first-order valence-electron chi connectivity index (χ1n) is 9.88. The van der Waals surface area contributed by atoms with Crippen LogP contribution in [0.1, 0.15) is 60.9 Å². The predicted octanol–water partition coefficient (Wildman–Crippen LogP) is 4.24. The SMILES string of the molecule is Cc1cccc(C(=O)N2CCN(C(=O)CCC3CCCCC3)CC2)c1I. The molecule has 0 bridgehead atoms. The van der Waals surface area contributed by atoms with Crippen LogP contribution in [0.25, 0.3) is 0 Å². The molecule has 1 aromatic carbocycles. The Morgan fingerprint density at radius 2 is 1.69 bits per heavy atom. The minimum Gasteiger partial charge on any atom is -0.339 e. The van der Waals surface area contributed by atoms with Gasteiger partial charge >= 0.3 is 0 Å². The molecule has 1 aliphatic heterocycles. The van der Waals surface area contributed by atoms with E-state index in [0.717, 1.165) is 27.0 Å². The van der Waals surface area contributed by atoms with E-state index in [4.69, 9.17) is 0 Å². The molecule has 0 unspecified atom stereocenters. The summed E-state index contributed by atoms with van der Waals surface area (Å²) in [7, 11) is 0. The largest absolute Gasteiger partial charge is 0.339 e. The Morgan fingerprint density at radius 1 is 1.04 bits per heavy atom. The van der Waals surface area contributed by atoms with Crippen LogP contribution in [0.5, 0.6) is 0 Å². The fourth-order valence-electron chi connectivity index (χ4n) is 4.10. The summed E-state index contributed by atoms with van der Waals surface area (Å²) in [4.78, 5) is 29.1. The average molecular weight is 468 g/mol. The Balaban J connectivity index is 1.48. The van der Waals surface area contributed by atoms with E-state index in [2.05, 4.69) is 22.6 Å². The van der Waals surface area contributed by atoms with Crippen molar-refractivity contribution in [1.29, 1.82) is 0 Å². The molecular formula is C21H29IN2O2. The summed E-state index contributed by atoms with van der Waals surface area (Å²) in [5, 5.41) is 0. The number of piperazine rings is 1. The summed E-state index contributed by atoms with van der Waals surface area (Å²) in [6.07, 6.45) is 8.33. The molecule has 5 heteroatoms. The zero-order chi connectivity index (χ0) is 18.5. The molecule has 0 aromatic heterocycles. The van der Waals surface area contributed by atoms with Gasteiger partial charge in [-0.05, 0) is 53.5 Å². The van der Waals surface area contributed by atoms with Crippen molar-refractivity contribution in [3.63, 3.8) is 0 Å². The molecule has 2 fully saturated rings. The maximum atomic E-state index is 12.8. The predicted molar refractivity (Wildman–Crippen MR) is 112 cm³/mol. The number of carbonyl (C=O) groups excluding carboxylic acids is 2. The molecular weight excluding hydrogens is 439 g/mol. The third kappa shape index (κ3) is 4.78. The highest BCUT2D eigenvalue weighted by atomic mass is 127. The number of rotatable bonds is 4. The minimum atomic E-state index is 0.0902. The molecule has 26 heavy (non-hydrogen) atoms. The topological polar surface area (TPSA) is 40.6 Å². The van der Waals surface area contributed by atoms with Crippen LogP contribution in [-0.4, -0.2) is 47.8 Å². The monoisotopic (exact) mass is 468 g/mol. The van der Waals surface area contributed by atoms with Crippen molar-refractivity contribution < 1.29 is 9.59 Å². The Morgan fingerprint density at radius 3 is 2.38 bits per heavy atom. The van der Waals surface area contributed by atoms with Gasteiger partial charge in [-0.1, -0.05) is 44.2 Å². The van der Waals surface area contributed by atoms with Gasteiger partial charge in [-0.25, -0.2) is 0 Å². The fourth-order valence-corrected chi connectivity index (χ4v) is 4.69. The molecule has 1 aliphatic carbocycles. The summed E-state index contributed by atoms with van der Waals surface area (Å²) in [5.41, 5.74) is 1.91. The number of aryl methyl sites for hydroxylation is 1. The number of amides is 2. The molecule has 1 saturated carbocycles. The van der Waals surface area contributed by atoms with Gasteiger partial charge in [0.2, 0.25) is 5.91 Å². The summed E-state index contributed by atoms with van der Waals surface area (Å²) in [6, 6.07) is 5.87. The summed E-state index contributed by atoms with van der Waals surface area (Å²) in [6.45, 7) is 4.63. The number of benzene rings is 1. The summed E-state index contributed by atoms with van der Waals surface area (Å²) < 4.78 is 1.03. The Kier molecular flexibility index (Phi) is 6.95. The zero-order valence-electron chi connectivity index (χ0n) is 15.7. The molecule has 0 radical (unpaired) electrons. The highest BCUT2D eigenvalue weighted by molar-refractivity contribution is 14.1. The van der Waals surface area contributed by atoms with Crippen molar-refractivity contribution in [2.45, 2.75) is 51.9 Å². The third-order valence-electron chi connectivity index (χ3n) is 5.83. The lowest BCUT2D eigenvalue weighted by atomic mass is 9.86. The van der Waals surface area contributed by atoms with Crippen LogP contribution in [0.3, 0.4) is 0 Å². The molecule has 0 N–H and O–H groups in total. The van der Waals surface area contributed by atoms with Gasteiger partial charge in [0.05, 0.1) is 5.56 Å². The smallest absolute Gasteiger partial charge is 0.255 e. The van der Waals surface area contributed by atoms with Crippen LogP contribution in [-0.2, 0) is 4.79 Å². The van der Waals surface area contributed by atoms with Crippen molar-refractivity contribution in [1.82, 2.24) is 9.80 Å². The molecule has 1 heterocycles. The van der Waals surface area contributed by atoms with Gasteiger partial charge in [0.1, 0.15) is 0 Å². The van der Waals surface area contributed by atoms with Gasteiger partial charge in [0, 0.05) is 36.2 Å². The van der Waals surface area contributed by atoms with Crippen LogP contribution in [0, 0.1) is 16.4 Å². The molecule has 2 amide bonds. The van der Waals surface area contributed by atoms with Gasteiger partial charge in [-0.2, -0.15) is 0 Å². The fraction of sp³-hybridized carbons (Fsp3) is 0.619. The molecule has 1 saturated heterocycles. The van der Waals surface area contributed by atoms with Gasteiger partial charge < -0.3 is 9.80 Å². The first-order chi connectivity index (χ1) is 12.6. The van der Waals surface area contributed by atoms with Crippen molar-refractivity contribution >= 4 is 34.4 Å². The van der Waals surface area contributed by atoms with Gasteiger partial charge in [0.25, 0.3) is 5.91 Å². The van der Waals surface area contributed by atoms with Gasteiger partial charge in [-0.3, -0.25) is 9.59 Å². The van der Waals surface area contributed by atoms with E-state index < -0.39 is 0 Å². The van der Waals surface area contributed by atoms with Crippen molar-refractivity contribution in [3.05, 3.63) is 32.9 Å². The van der Waals surface area contributed by atoms with E-state index in [-0.39, 0.29) is 11.8 Å². The number of hydrogen-bond acceptors (Lipinski definition) is 2. The lowest BCUT2D eigenvalue weighted by molar-refractivity contribution is -0.133. The normalized spacial score (nSPS) is 18.8. The summed E-state index contributed by atoms with van der Waals surface area (Å²) in [5.74, 6) is 1.11. The number of carbonyl (C=O) groups is 2. The quantitative estimate of drug-likeness (QED) is 0.621. The summed E-state index contributed by atoms with van der Waals surface area (Å²) >= 11 is 2.25. The van der Waals surface area contributed by atoms with Crippen LogP contribution in [0.15, 0.2) is 18.2 Å². The first kappa shape index (κ1) is 19.6. The molecule has 3 rings (SSSR count). The Labute approximate surface area is 170 Å². The Hall–Kier alpha value is -1.11. The average Bonchev–Trinajstić information content (AvgIpc) is 2.68. The van der Waals surface area contributed by atoms with Gasteiger partial charge in [-0.15, -0.1) is 0 Å². The van der Waals surface area contributed by atoms with Crippen LogP contribution >= 0.6 is 22.6 Å². The number of halogens is 1. The maximum absolute atomic E-state index is 12.8. The molecule has 0 atom stereocenters. The van der Waals surface area contributed by atoms with Gasteiger partial charge in [0.15, 0.2) is 0 Å². The highest BCUT2D eigenvalue weighted by Crippen LogP contribution is 2.27. The first-order valence-corrected chi connectivity index (χ1v) is 11.0. The molecule has 2 aliphatic rings. The number of nitrogens with zero attached hydrogens (tertiary/aromatic N) is 2. The minimum absolute atomic E-state index is 0.0902. The van der Waals surface area contributed by atoms with Crippen LogP contribution < -0.4 is 0 Å². The van der Waals surface area contributed by atoms with Crippen molar-refractivity contribution in [2.75, 3.05) is 26.2 Å². The van der Waals surface area contributed by atoms with E-state index in [1.165, 1.54) is 32.1 Å². The lowest BCUT2D eigenvalue weighted by Crippen LogP contribution is -2.50. The molecule has 1 aromatic rings. The van der Waals surface area contributed by atoms with Crippen molar-refractivity contribution in [2.24, 2.45) is 5.92 Å². The highest BCUT2D eigenvalue weighted by Gasteiger charge is 2.26. The van der Waals surface area contributed by atoms with E-state index in [0.29, 0.717) is 32.6 Å². The lowest BCUT2D eigenvalue weighted by Gasteiger charge is -2.35. The molecule has 142 valence electrons. The van der Waals surface area contributed by atoms with Crippen LogP contribution in [0.2, 0.25) is 0 Å². The third-order valence-corrected chi connectivity index (χ3v) is 7.26. The van der Waals surface area contributed by atoms with Crippen molar-refractivity contribution in [3.8, 4) is 0 Å². The zero-order valence-corrected chi connectivity index (χ0v) is 17.8. The van der Waals surface area contributed by atoms with E-state index in [1.54, 1.807) is 0 Å². The van der Waals surface area contributed by atoms with E-state index in [9.17, 15) is 9.59 Å². The Bertz CT molecular complexity index is 647. The molecule has 4 nitrogen and oxygen atoms in total. The second kappa shape index (κ2) is 9.20. The maximum Gasteiger partial charge on any atom is 0.255 e. The molecule has 0 spiro atoms. The standard InChI is InChI=1S/C21H29IN2O2/c1-16-6-5-9-18(20(16)22)21(26)24-14-12-23(13-15-24)19(25)11-10-17-7-3-2-4-8-17/h5-6,9,17H,2-4,7-8,10-15H2,1H3. The number of hydrogen-bond donors (Lipinski definition) is 0. The van der Waals surface area contributed by atoms with E-state index in [1.807, 2.05) is 34.9 Å². The van der Waals surface area contributed by atoms with Crippen LogP contribution in [0.4, 0.5) is 0 Å². The second-order valence-corrected chi connectivity index (χ2v) is 8.73. The van der Waals surface area contributed by atoms with E-state index >= 15 is 0 Å². The second-order valence-electron chi connectivity index (χ2n) is 7.65.